The van der Waals surface area contributed by atoms with Crippen LogP contribution in [0, 0.1) is 5.41 Å². The van der Waals surface area contributed by atoms with E-state index in [1.54, 1.807) is 0 Å². The van der Waals surface area contributed by atoms with Crippen molar-refractivity contribution in [1.82, 2.24) is 0 Å². The van der Waals surface area contributed by atoms with Crippen LogP contribution in [0.2, 0.25) is 0 Å². The molecular formula is C15H23O2P. The van der Waals surface area contributed by atoms with Crippen LogP contribution in [0.25, 0.3) is 0 Å². The van der Waals surface area contributed by atoms with E-state index in [0.29, 0.717) is 0 Å². The maximum Gasteiger partial charge on any atom is 0.171 e. The van der Waals surface area contributed by atoms with E-state index in [2.05, 4.69) is 52.0 Å². The Morgan fingerprint density at radius 3 is 2.39 bits per heavy atom. The van der Waals surface area contributed by atoms with Crippen LogP contribution in [0.15, 0.2) is 30.3 Å². The third-order valence-corrected chi connectivity index (χ3v) is 5.62. The van der Waals surface area contributed by atoms with E-state index < -0.39 is 8.38 Å². The highest BCUT2D eigenvalue weighted by Gasteiger charge is 2.44. The fraction of sp³-hybridized carbons (Fsp3) is 0.600. The molecule has 1 atom stereocenters. The summed E-state index contributed by atoms with van der Waals surface area (Å²) in [5.74, 6) is 0. The third kappa shape index (κ3) is 3.12. The lowest BCUT2D eigenvalue weighted by atomic mass is 9.78. The van der Waals surface area contributed by atoms with Gasteiger partial charge in [-0.25, -0.2) is 0 Å². The molecule has 0 aromatic heterocycles. The Kier molecular flexibility index (Phi) is 4.11. The minimum atomic E-state index is -0.742. The topological polar surface area (TPSA) is 18.5 Å². The van der Waals surface area contributed by atoms with Gasteiger partial charge in [0, 0.05) is 11.6 Å². The Hall–Kier alpha value is -0.430. The molecule has 1 unspecified atom stereocenters. The molecule has 1 aromatic rings. The summed E-state index contributed by atoms with van der Waals surface area (Å²) in [5.41, 5.74) is 1.33. The molecule has 3 heteroatoms. The standard InChI is InChI=1S/C15H23O2P/c1-14(2)12-16-18(17-15(14,3)4)11-10-13-8-6-5-7-9-13/h5-9H,10-12H2,1-4H3. The van der Waals surface area contributed by atoms with Crippen molar-refractivity contribution >= 4 is 8.38 Å². The first kappa shape index (κ1) is 14.0. The second-order valence-corrected chi connectivity index (χ2v) is 7.60. The molecule has 0 spiro atoms. The quantitative estimate of drug-likeness (QED) is 0.755. The van der Waals surface area contributed by atoms with Crippen LogP contribution in [-0.4, -0.2) is 18.4 Å². The summed E-state index contributed by atoms with van der Waals surface area (Å²) in [7, 11) is -0.742. The summed E-state index contributed by atoms with van der Waals surface area (Å²) in [5, 5.41) is 0. The predicted molar refractivity (Wildman–Crippen MR) is 76.8 cm³/mol. The van der Waals surface area contributed by atoms with E-state index in [9.17, 15) is 0 Å². The largest absolute Gasteiger partial charge is 0.333 e. The Bertz CT molecular complexity index is 387. The smallest absolute Gasteiger partial charge is 0.171 e. The van der Waals surface area contributed by atoms with Gasteiger partial charge in [-0.05, 0) is 25.8 Å². The number of rotatable bonds is 3. The van der Waals surface area contributed by atoms with E-state index in [4.69, 9.17) is 9.05 Å². The van der Waals surface area contributed by atoms with E-state index in [1.165, 1.54) is 5.56 Å². The molecule has 1 saturated heterocycles. The van der Waals surface area contributed by atoms with Crippen molar-refractivity contribution in [3.63, 3.8) is 0 Å². The zero-order valence-electron chi connectivity index (χ0n) is 11.8. The van der Waals surface area contributed by atoms with Crippen molar-refractivity contribution in [2.24, 2.45) is 5.41 Å². The molecule has 0 radical (unpaired) electrons. The maximum atomic E-state index is 6.15. The molecule has 0 aliphatic carbocycles. The van der Waals surface area contributed by atoms with Crippen molar-refractivity contribution in [3.05, 3.63) is 35.9 Å². The van der Waals surface area contributed by atoms with E-state index in [0.717, 1.165) is 19.2 Å². The second kappa shape index (κ2) is 5.28. The summed E-state index contributed by atoms with van der Waals surface area (Å²) in [4.78, 5) is 0. The minimum absolute atomic E-state index is 0.0819. The van der Waals surface area contributed by atoms with Crippen molar-refractivity contribution in [2.45, 2.75) is 39.7 Å². The lowest BCUT2D eigenvalue weighted by Gasteiger charge is -2.47. The molecule has 2 rings (SSSR count). The summed E-state index contributed by atoms with van der Waals surface area (Å²) >= 11 is 0. The van der Waals surface area contributed by atoms with Gasteiger partial charge in [-0.15, -0.1) is 0 Å². The van der Waals surface area contributed by atoms with Crippen LogP contribution in [-0.2, 0) is 15.5 Å². The molecular weight excluding hydrogens is 243 g/mol. The number of aryl methyl sites for hydroxylation is 1. The molecule has 1 aromatic carbocycles. The Morgan fingerprint density at radius 2 is 1.78 bits per heavy atom. The van der Waals surface area contributed by atoms with Gasteiger partial charge in [0.1, 0.15) is 0 Å². The fourth-order valence-corrected chi connectivity index (χ4v) is 3.72. The summed E-state index contributed by atoms with van der Waals surface area (Å²) in [6.07, 6.45) is 2.02. The van der Waals surface area contributed by atoms with Crippen LogP contribution in [0.3, 0.4) is 0 Å². The summed E-state index contributed by atoms with van der Waals surface area (Å²) in [6.45, 7) is 9.55. The van der Waals surface area contributed by atoms with E-state index in [-0.39, 0.29) is 11.0 Å². The highest BCUT2D eigenvalue weighted by Crippen LogP contribution is 2.54. The van der Waals surface area contributed by atoms with Crippen LogP contribution in [0.4, 0.5) is 0 Å². The highest BCUT2D eigenvalue weighted by atomic mass is 31.2. The highest BCUT2D eigenvalue weighted by molar-refractivity contribution is 7.47. The van der Waals surface area contributed by atoms with Gasteiger partial charge in [-0.1, -0.05) is 44.2 Å². The van der Waals surface area contributed by atoms with Crippen LogP contribution >= 0.6 is 8.38 Å². The number of benzene rings is 1. The average molecular weight is 266 g/mol. The van der Waals surface area contributed by atoms with Gasteiger partial charge in [-0.3, -0.25) is 0 Å². The predicted octanol–water partition coefficient (Wildman–Crippen LogP) is 4.39. The average Bonchev–Trinajstić information content (AvgIpc) is 2.32. The van der Waals surface area contributed by atoms with E-state index >= 15 is 0 Å². The zero-order chi connectivity index (χ0) is 13.2. The molecule has 1 aliphatic rings. The maximum absolute atomic E-state index is 6.15. The summed E-state index contributed by atoms with van der Waals surface area (Å²) < 4.78 is 12.0. The number of hydrogen-bond acceptors (Lipinski definition) is 2. The minimum Gasteiger partial charge on any atom is -0.333 e. The normalized spacial score (nSPS) is 25.9. The van der Waals surface area contributed by atoms with Crippen molar-refractivity contribution in [3.8, 4) is 0 Å². The lowest BCUT2D eigenvalue weighted by molar-refractivity contribution is -0.0724. The Labute approximate surface area is 112 Å². The van der Waals surface area contributed by atoms with Crippen molar-refractivity contribution < 1.29 is 9.05 Å². The molecule has 1 heterocycles. The molecule has 18 heavy (non-hydrogen) atoms. The van der Waals surface area contributed by atoms with Crippen LogP contribution in [0.5, 0.6) is 0 Å². The molecule has 0 N–H and O–H groups in total. The first-order valence-corrected chi connectivity index (χ1v) is 7.90. The second-order valence-electron chi connectivity index (χ2n) is 6.05. The van der Waals surface area contributed by atoms with Crippen LogP contribution in [0.1, 0.15) is 33.3 Å². The molecule has 0 saturated carbocycles. The molecule has 1 fully saturated rings. The first-order valence-electron chi connectivity index (χ1n) is 6.54. The van der Waals surface area contributed by atoms with Gasteiger partial charge in [0.25, 0.3) is 0 Å². The zero-order valence-corrected chi connectivity index (χ0v) is 12.7. The van der Waals surface area contributed by atoms with Gasteiger partial charge in [-0.2, -0.15) is 0 Å². The fourth-order valence-electron chi connectivity index (χ4n) is 1.79. The van der Waals surface area contributed by atoms with Crippen molar-refractivity contribution in [2.75, 3.05) is 12.8 Å². The molecule has 1 aliphatic heterocycles. The van der Waals surface area contributed by atoms with Crippen molar-refractivity contribution in [1.29, 1.82) is 0 Å². The van der Waals surface area contributed by atoms with Crippen LogP contribution < -0.4 is 0 Å². The summed E-state index contributed by atoms with van der Waals surface area (Å²) in [6, 6.07) is 10.5. The molecule has 0 amide bonds. The van der Waals surface area contributed by atoms with Gasteiger partial charge >= 0.3 is 0 Å². The molecule has 2 nitrogen and oxygen atoms in total. The van der Waals surface area contributed by atoms with Gasteiger partial charge in [0.15, 0.2) is 8.38 Å². The van der Waals surface area contributed by atoms with Gasteiger partial charge < -0.3 is 9.05 Å². The van der Waals surface area contributed by atoms with Gasteiger partial charge in [0.05, 0.1) is 12.2 Å². The Balaban J connectivity index is 1.89. The first-order chi connectivity index (χ1) is 8.41. The third-order valence-electron chi connectivity index (χ3n) is 3.96. The monoisotopic (exact) mass is 266 g/mol. The SMILES string of the molecule is CC1(C)COP(CCc2ccccc2)OC1(C)C. The lowest BCUT2D eigenvalue weighted by Crippen LogP contribution is -2.46. The Morgan fingerprint density at radius 1 is 1.11 bits per heavy atom. The molecule has 100 valence electrons. The number of hydrogen-bond donors (Lipinski definition) is 0. The molecule has 0 bridgehead atoms. The van der Waals surface area contributed by atoms with Gasteiger partial charge in [0.2, 0.25) is 0 Å². The van der Waals surface area contributed by atoms with E-state index in [1.807, 2.05) is 6.07 Å².